The van der Waals surface area contributed by atoms with Crippen molar-refractivity contribution in [2.45, 2.75) is 31.8 Å². The zero-order chi connectivity index (χ0) is 12.2. The van der Waals surface area contributed by atoms with Crippen LogP contribution in [0.15, 0.2) is 28.7 Å². The van der Waals surface area contributed by atoms with Gasteiger partial charge in [0, 0.05) is 4.47 Å². The minimum absolute atomic E-state index is 0.262. The first-order valence-electron chi connectivity index (χ1n) is 5.12. The molecule has 1 aromatic rings. The maximum Gasteiger partial charge on any atom is 0.335 e. The smallest absolute Gasteiger partial charge is 0.335 e. The van der Waals surface area contributed by atoms with Crippen LogP contribution in [0.5, 0.6) is 0 Å². The van der Waals surface area contributed by atoms with Crippen LogP contribution in [0.3, 0.4) is 0 Å². The first kappa shape index (κ1) is 13.2. The molecular formula is C12H15BrO3. The van der Waals surface area contributed by atoms with Gasteiger partial charge < -0.3 is 10.2 Å². The topological polar surface area (TPSA) is 57.5 Å². The number of aliphatic hydroxyl groups is 1. The molecular weight excluding hydrogens is 272 g/mol. The number of carbonyl (C=O) groups is 1. The normalized spacial score (nSPS) is 14.4. The summed E-state index contributed by atoms with van der Waals surface area (Å²) in [5, 5.41) is 18.2. The summed E-state index contributed by atoms with van der Waals surface area (Å²) in [7, 11) is 0. The highest BCUT2D eigenvalue weighted by molar-refractivity contribution is 9.10. The van der Waals surface area contributed by atoms with Gasteiger partial charge in [0.15, 0.2) is 5.60 Å². The molecule has 0 saturated carbocycles. The fourth-order valence-corrected chi connectivity index (χ4v) is 1.66. The number of benzene rings is 1. The Balaban J connectivity index is 2.41. The number of carboxylic acids is 1. The highest BCUT2D eigenvalue weighted by Crippen LogP contribution is 2.16. The average Bonchev–Trinajstić information content (AvgIpc) is 2.20. The molecule has 0 aliphatic carbocycles. The van der Waals surface area contributed by atoms with Gasteiger partial charge in [-0.3, -0.25) is 0 Å². The van der Waals surface area contributed by atoms with Crippen LogP contribution in [-0.4, -0.2) is 21.8 Å². The SMILES string of the molecule is CC(O)(CCCc1ccc(Br)cc1)C(=O)O. The summed E-state index contributed by atoms with van der Waals surface area (Å²) in [6, 6.07) is 7.87. The molecule has 0 bridgehead atoms. The van der Waals surface area contributed by atoms with E-state index in [1.165, 1.54) is 6.92 Å². The van der Waals surface area contributed by atoms with Crippen LogP contribution >= 0.6 is 15.9 Å². The predicted octanol–water partition coefficient (Wildman–Crippen LogP) is 2.61. The van der Waals surface area contributed by atoms with E-state index in [0.29, 0.717) is 6.42 Å². The molecule has 0 aliphatic heterocycles. The Hall–Kier alpha value is -0.870. The summed E-state index contributed by atoms with van der Waals surface area (Å²) < 4.78 is 1.02. The van der Waals surface area contributed by atoms with E-state index in [-0.39, 0.29) is 6.42 Å². The van der Waals surface area contributed by atoms with Gasteiger partial charge in [0.1, 0.15) is 0 Å². The average molecular weight is 287 g/mol. The number of hydrogen-bond acceptors (Lipinski definition) is 2. The lowest BCUT2D eigenvalue weighted by atomic mass is 9.97. The molecule has 1 atom stereocenters. The van der Waals surface area contributed by atoms with Crippen molar-refractivity contribution in [3.05, 3.63) is 34.3 Å². The summed E-state index contributed by atoms with van der Waals surface area (Å²) in [5.41, 5.74) is -0.473. The maximum absolute atomic E-state index is 10.7. The first-order valence-corrected chi connectivity index (χ1v) is 5.91. The number of rotatable bonds is 5. The van der Waals surface area contributed by atoms with Gasteiger partial charge in [0.05, 0.1) is 0 Å². The van der Waals surface area contributed by atoms with Gasteiger partial charge in [-0.25, -0.2) is 4.79 Å². The van der Waals surface area contributed by atoms with Gasteiger partial charge in [-0.15, -0.1) is 0 Å². The van der Waals surface area contributed by atoms with Crippen LogP contribution in [0.25, 0.3) is 0 Å². The Morgan fingerprint density at radius 1 is 1.38 bits per heavy atom. The van der Waals surface area contributed by atoms with E-state index in [2.05, 4.69) is 15.9 Å². The second kappa shape index (κ2) is 5.46. The van der Waals surface area contributed by atoms with Crippen molar-refractivity contribution in [1.82, 2.24) is 0 Å². The van der Waals surface area contributed by atoms with Crippen LogP contribution in [0.1, 0.15) is 25.3 Å². The molecule has 0 heterocycles. The summed E-state index contributed by atoms with van der Waals surface area (Å²) in [5.74, 6) is -1.16. The van der Waals surface area contributed by atoms with E-state index in [4.69, 9.17) is 5.11 Å². The molecule has 1 unspecified atom stereocenters. The molecule has 1 aromatic carbocycles. The molecule has 0 aromatic heterocycles. The van der Waals surface area contributed by atoms with Crippen molar-refractivity contribution in [2.75, 3.05) is 0 Å². The minimum atomic E-state index is -1.62. The van der Waals surface area contributed by atoms with E-state index in [1.807, 2.05) is 24.3 Å². The van der Waals surface area contributed by atoms with E-state index < -0.39 is 11.6 Å². The summed E-state index contributed by atoms with van der Waals surface area (Å²) in [6.45, 7) is 1.33. The van der Waals surface area contributed by atoms with Crippen molar-refractivity contribution in [1.29, 1.82) is 0 Å². The number of aryl methyl sites for hydroxylation is 1. The number of aliphatic carboxylic acids is 1. The number of hydrogen-bond donors (Lipinski definition) is 2. The van der Waals surface area contributed by atoms with E-state index in [9.17, 15) is 9.90 Å². The predicted molar refractivity (Wildman–Crippen MR) is 65.3 cm³/mol. The van der Waals surface area contributed by atoms with Crippen LogP contribution in [-0.2, 0) is 11.2 Å². The Kier molecular flexibility index (Phi) is 4.50. The lowest BCUT2D eigenvalue weighted by molar-refractivity contribution is -0.157. The largest absolute Gasteiger partial charge is 0.479 e. The minimum Gasteiger partial charge on any atom is -0.479 e. The van der Waals surface area contributed by atoms with Crippen molar-refractivity contribution >= 4 is 21.9 Å². The molecule has 4 heteroatoms. The monoisotopic (exact) mass is 286 g/mol. The van der Waals surface area contributed by atoms with Crippen molar-refractivity contribution in [3.8, 4) is 0 Å². The van der Waals surface area contributed by atoms with Crippen molar-refractivity contribution in [2.24, 2.45) is 0 Å². The summed E-state index contributed by atoms with van der Waals surface area (Å²) in [4.78, 5) is 10.7. The third kappa shape index (κ3) is 3.94. The van der Waals surface area contributed by atoms with Crippen LogP contribution < -0.4 is 0 Å². The molecule has 1 rings (SSSR count). The Morgan fingerprint density at radius 2 is 1.94 bits per heavy atom. The molecule has 0 fully saturated rings. The molecule has 0 aliphatic rings. The van der Waals surface area contributed by atoms with Gasteiger partial charge in [0.25, 0.3) is 0 Å². The lowest BCUT2D eigenvalue weighted by Crippen LogP contribution is -2.34. The molecule has 0 radical (unpaired) electrons. The lowest BCUT2D eigenvalue weighted by Gasteiger charge is -2.17. The van der Waals surface area contributed by atoms with E-state index in [1.54, 1.807) is 0 Å². The Labute approximate surface area is 103 Å². The quantitative estimate of drug-likeness (QED) is 0.875. The zero-order valence-electron chi connectivity index (χ0n) is 9.11. The zero-order valence-corrected chi connectivity index (χ0v) is 10.7. The highest BCUT2D eigenvalue weighted by atomic mass is 79.9. The molecule has 0 amide bonds. The fraction of sp³-hybridized carbons (Fsp3) is 0.417. The van der Waals surface area contributed by atoms with Crippen molar-refractivity contribution in [3.63, 3.8) is 0 Å². The summed E-state index contributed by atoms with van der Waals surface area (Å²) >= 11 is 3.35. The Bertz CT molecular complexity index is 357. The molecule has 88 valence electrons. The second-order valence-electron chi connectivity index (χ2n) is 4.06. The Morgan fingerprint density at radius 3 is 2.44 bits per heavy atom. The van der Waals surface area contributed by atoms with Crippen molar-refractivity contribution < 1.29 is 15.0 Å². The highest BCUT2D eigenvalue weighted by Gasteiger charge is 2.28. The number of halogens is 1. The standard InChI is InChI=1S/C12H15BrO3/c1-12(16,11(14)15)8-2-3-9-4-6-10(13)7-5-9/h4-7,16H,2-3,8H2,1H3,(H,14,15). The molecule has 3 nitrogen and oxygen atoms in total. The molecule has 0 saturated heterocycles. The van der Waals surface area contributed by atoms with Crippen LogP contribution in [0.2, 0.25) is 0 Å². The van der Waals surface area contributed by atoms with E-state index >= 15 is 0 Å². The van der Waals surface area contributed by atoms with Gasteiger partial charge in [0.2, 0.25) is 0 Å². The first-order chi connectivity index (χ1) is 7.42. The van der Waals surface area contributed by atoms with E-state index in [0.717, 1.165) is 16.5 Å². The molecule has 2 N–H and O–H groups in total. The fourth-order valence-electron chi connectivity index (χ4n) is 1.39. The number of carboxylic acid groups (broad SMARTS) is 1. The van der Waals surface area contributed by atoms with Gasteiger partial charge >= 0.3 is 5.97 Å². The van der Waals surface area contributed by atoms with Gasteiger partial charge in [-0.1, -0.05) is 28.1 Å². The molecule has 0 spiro atoms. The maximum atomic E-state index is 10.7. The van der Waals surface area contributed by atoms with Gasteiger partial charge in [-0.2, -0.15) is 0 Å². The third-order valence-electron chi connectivity index (χ3n) is 2.50. The van der Waals surface area contributed by atoms with Gasteiger partial charge in [-0.05, 0) is 43.9 Å². The molecule has 16 heavy (non-hydrogen) atoms. The second-order valence-corrected chi connectivity index (χ2v) is 4.97. The van der Waals surface area contributed by atoms with Crippen LogP contribution in [0, 0.1) is 0 Å². The van der Waals surface area contributed by atoms with Crippen LogP contribution in [0.4, 0.5) is 0 Å². The summed E-state index contributed by atoms with van der Waals surface area (Å²) in [6.07, 6.45) is 1.69. The third-order valence-corrected chi connectivity index (χ3v) is 3.03.